The molecule has 1 atom stereocenters. The van der Waals surface area contributed by atoms with E-state index in [0.717, 1.165) is 37.2 Å². The van der Waals surface area contributed by atoms with E-state index in [1.54, 1.807) is 6.07 Å². The van der Waals surface area contributed by atoms with Crippen LogP contribution in [0.3, 0.4) is 0 Å². The van der Waals surface area contributed by atoms with Crippen LogP contribution in [-0.2, 0) is 12.6 Å². The van der Waals surface area contributed by atoms with Crippen molar-refractivity contribution in [1.82, 2.24) is 14.8 Å². The van der Waals surface area contributed by atoms with Crippen LogP contribution in [0.15, 0.2) is 24.3 Å². The molecule has 0 bridgehead atoms. The molecule has 2 aromatic rings. The summed E-state index contributed by atoms with van der Waals surface area (Å²) in [7, 11) is 0. The minimum absolute atomic E-state index is 0.221. The van der Waals surface area contributed by atoms with E-state index >= 15 is 0 Å². The van der Waals surface area contributed by atoms with Gasteiger partial charge in [-0.15, -0.1) is 10.2 Å². The molecule has 20 heavy (non-hydrogen) atoms. The Balaban J connectivity index is 2.08. The largest absolute Gasteiger partial charge is 0.416 e. The maximum absolute atomic E-state index is 12.8. The maximum atomic E-state index is 12.8. The summed E-state index contributed by atoms with van der Waals surface area (Å²) in [6.45, 7) is 2.04. The zero-order valence-electron chi connectivity index (χ0n) is 11.0. The molecule has 3 rings (SSSR count). The van der Waals surface area contributed by atoms with Gasteiger partial charge in [-0.05, 0) is 31.9 Å². The van der Waals surface area contributed by atoms with E-state index in [-0.39, 0.29) is 6.04 Å². The van der Waals surface area contributed by atoms with Crippen LogP contribution in [0.2, 0.25) is 0 Å². The first-order valence-electron chi connectivity index (χ1n) is 6.58. The van der Waals surface area contributed by atoms with Gasteiger partial charge in [0.05, 0.1) is 5.56 Å². The number of benzene rings is 1. The molecule has 1 aromatic heterocycles. The summed E-state index contributed by atoms with van der Waals surface area (Å²) < 4.78 is 40.3. The van der Waals surface area contributed by atoms with Crippen molar-refractivity contribution in [3.8, 4) is 11.4 Å². The third kappa shape index (κ3) is 2.19. The Kier molecular flexibility index (Phi) is 3.03. The number of aryl methyl sites for hydroxylation is 1. The molecule has 1 aliphatic heterocycles. The molecule has 0 saturated heterocycles. The van der Waals surface area contributed by atoms with Crippen LogP contribution in [0.25, 0.3) is 11.4 Å². The summed E-state index contributed by atoms with van der Waals surface area (Å²) in [4.78, 5) is 0. The lowest BCUT2D eigenvalue weighted by Gasteiger charge is -2.22. The van der Waals surface area contributed by atoms with E-state index in [0.29, 0.717) is 11.4 Å². The fourth-order valence-corrected chi connectivity index (χ4v) is 2.67. The monoisotopic (exact) mass is 281 g/mol. The smallest absolute Gasteiger partial charge is 0.308 e. The van der Waals surface area contributed by atoms with Crippen molar-refractivity contribution in [2.24, 2.45) is 0 Å². The molecule has 0 saturated carbocycles. The highest BCUT2D eigenvalue weighted by Gasteiger charge is 2.31. The molecule has 0 spiro atoms. The Bertz CT molecular complexity index is 631. The minimum atomic E-state index is -4.34. The second-order valence-corrected chi connectivity index (χ2v) is 5.13. The van der Waals surface area contributed by atoms with E-state index < -0.39 is 11.7 Å². The Morgan fingerprint density at radius 1 is 1.25 bits per heavy atom. The van der Waals surface area contributed by atoms with E-state index in [2.05, 4.69) is 10.2 Å². The number of halogens is 3. The molecule has 0 N–H and O–H groups in total. The van der Waals surface area contributed by atoms with Crippen molar-refractivity contribution >= 4 is 0 Å². The summed E-state index contributed by atoms with van der Waals surface area (Å²) in [6.07, 6.45) is -1.47. The molecule has 1 aliphatic rings. The van der Waals surface area contributed by atoms with Crippen molar-refractivity contribution in [3.63, 3.8) is 0 Å². The highest BCUT2D eigenvalue weighted by Crippen LogP contribution is 2.34. The quantitative estimate of drug-likeness (QED) is 0.794. The standard InChI is InChI=1S/C14H14F3N3/c1-9-4-2-7-12-18-19-13(20(9)12)10-5-3-6-11(8-10)14(15,16)17/h3,5-6,8-9H,2,4,7H2,1H3. The summed E-state index contributed by atoms with van der Waals surface area (Å²) in [6, 6.07) is 5.48. The van der Waals surface area contributed by atoms with E-state index in [4.69, 9.17) is 0 Å². The number of hydrogen-bond donors (Lipinski definition) is 0. The van der Waals surface area contributed by atoms with Crippen LogP contribution >= 0.6 is 0 Å². The Labute approximate surface area is 114 Å². The van der Waals surface area contributed by atoms with E-state index in [9.17, 15) is 13.2 Å². The first-order chi connectivity index (χ1) is 9.47. The second-order valence-electron chi connectivity index (χ2n) is 5.13. The molecule has 0 radical (unpaired) electrons. The second kappa shape index (κ2) is 4.61. The van der Waals surface area contributed by atoms with Crippen molar-refractivity contribution < 1.29 is 13.2 Å². The number of fused-ring (bicyclic) bond motifs is 1. The molecule has 0 fully saturated rings. The maximum Gasteiger partial charge on any atom is 0.416 e. The Hall–Kier alpha value is -1.85. The van der Waals surface area contributed by atoms with Gasteiger partial charge in [-0.2, -0.15) is 13.2 Å². The predicted molar refractivity (Wildman–Crippen MR) is 68.1 cm³/mol. The molecule has 1 aromatic carbocycles. The van der Waals surface area contributed by atoms with Gasteiger partial charge in [-0.1, -0.05) is 12.1 Å². The summed E-state index contributed by atoms with van der Waals surface area (Å²) in [5.41, 5.74) is -0.192. The SMILES string of the molecule is CC1CCCc2nnc(-c3cccc(C(F)(F)F)c3)n21. The molecule has 0 aliphatic carbocycles. The summed E-state index contributed by atoms with van der Waals surface area (Å²) >= 11 is 0. The number of hydrogen-bond acceptors (Lipinski definition) is 2. The molecular weight excluding hydrogens is 267 g/mol. The van der Waals surface area contributed by atoms with Crippen LogP contribution in [-0.4, -0.2) is 14.8 Å². The van der Waals surface area contributed by atoms with Gasteiger partial charge in [0.2, 0.25) is 0 Å². The molecular formula is C14H14F3N3. The van der Waals surface area contributed by atoms with Crippen LogP contribution < -0.4 is 0 Å². The first kappa shape index (κ1) is 13.1. The zero-order chi connectivity index (χ0) is 14.3. The molecule has 2 heterocycles. The van der Waals surface area contributed by atoms with Crippen molar-refractivity contribution in [3.05, 3.63) is 35.7 Å². The summed E-state index contributed by atoms with van der Waals surface area (Å²) in [5, 5.41) is 8.19. The van der Waals surface area contributed by atoms with Gasteiger partial charge >= 0.3 is 6.18 Å². The van der Waals surface area contributed by atoms with Gasteiger partial charge in [0.1, 0.15) is 5.82 Å². The van der Waals surface area contributed by atoms with Crippen LogP contribution in [0.4, 0.5) is 13.2 Å². The molecule has 3 nitrogen and oxygen atoms in total. The van der Waals surface area contributed by atoms with Gasteiger partial charge in [0, 0.05) is 18.0 Å². The van der Waals surface area contributed by atoms with Crippen LogP contribution in [0.1, 0.15) is 37.2 Å². The van der Waals surface area contributed by atoms with Gasteiger partial charge in [-0.3, -0.25) is 0 Å². The predicted octanol–water partition coefficient (Wildman–Crippen LogP) is 3.86. The zero-order valence-corrected chi connectivity index (χ0v) is 11.0. The Morgan fingerprint density at radius 3 is 2.80 bits per heavy atom. The van der Waals surface area contributed by atoms with Crippen molar-refractivity contribution in [2.45, 2.75) is 38.4 Å². The summed E-state index contributed by atoms with van der Waals surface area (Å²) in [5.74, 6) is 1.38. The molecule has 6 heteroatoms. The third-order valence-corrected chi connectivity index (χ3v) is 3.68. The average Bonchev–Trinajstić information content (AvgIpc) is 2.83. The van der Waals surface area contributed by atoms with Gasteiger partial charge in [-0.25, -0.2) is 0 Å². The van der Waals surface area contributed by atoms with Gasteiger partial charge in [0.25, 0.3) is 0 Å². The first-order valence-corrected chi connectivity index (χ1v) is 6.58. The van der Waals surface area contributed by atoms with Crippen LogP contribution in [0.5, 0.6) is 0 Å². The minimum Gasteiger partial charge on any atom is -0.308 e. The lowest BCUT2D eigenvalue weighted by molar-refractivity contribution is -0.137. The average molecular weight is 281 g/mol. The van der Waals surface area contributed by atoms with Gasteiger partial charge < -0.3 is 4.57 Å². The third-order valence-electron chi connectivity index (χ3n) is 3.68. The fourth-order valence-electron chi connectivity index (χ4n) is 2.67. The normalized spacial score (nSPS) is 18.9. The van der Waals surface area contributed by atoms with Crippen molar-refractivity contribution in [1.29, 1.82) is 0 Å². The van der Waals surface area contributed by atoms with E-state index in [1.807, 2.05) is 11.5 Å². The van der Waals surface area contributed by atoms with Crippen molar-refractivity contribution in [2.75, 3.05) is 0 Å². The molecule has 0 amide bonds. The topological polar surface area (TPSA) is 30.7 Å². The van der Waals surface area contributed by atoms with Gasteiger partial charge in [0.15, 0.2) is 5.82 Å². The fraction of sp³-hybridized carbons (Fsp3) is 0.429. The van der Waals surface area contributed by atoms with Crippen LogP contribution in [0, 0.1) is 0 Å². The number of nitrogens with zero attached hydrogens (tertiary/aromatic N) is 3. The highest BCUT2D eigenvalue weighted by molar-refractivity contribution is 5.57. The Morgan fingerprint density at radius 2 is 2.05 bits per heavy atom. The number of rotatable bonds is 1. The lowest BCUT2D eigenvalue weighted by atomic mass is 10.0. The lowest BCUT2D eigenvalue weighted by Crippen LogP contribution is -2.16. The number of aromatic nitrogens is 3. The number of alkyl halides is 3. The van der Waals surface area contributed by atoms with E-state index in [1.165, 1.54) is 6.07 Å². The molecule has 1 unspecified atom stereocenters. The highest BCUT2D eigenvalue weighted by atomic mass is 19.4. The molecule has 106 valence electrons.